The van der Waals surface area contributed by atoms with Crippen LogP contribution in [0.4, 0.5) is 5.69 Å². The van der Waals surface area contributed by atoms with Gasteiger partial charge in [-0.15, -0.1) is 0 Å². The number of para-hydroxylation sites is 1. The van der Waals surface area contributed by atoms with E-state index in [1.807, 2.05) is 55.5 Å². The van der Waals surface area contributed by atoms with Gasteiger partial charge in [-0.1, -0.05) is 54.6 Å². The second kappa shape index (κ2) is 7.95. The van der Waals surface area contributed by atoms with Gasteiger partial charge in [0.25, 0.3) is 5.91 Å². The fraction of sp³-hybridized carbons (Fsp3) is 0.250. The fourth-order valence-corrected chi connectivity index (χ4v) is 3.97. The number of anilines is 1. The van der Waals surface area contributed by atoms with Crippen molar-refractivity contribution in [3.63, 3.8) is 0 Å². The molecule has 1 N–H and O–H groups in total. The lowest BCUT2D eigenvalue weighted by molar-refractivity contribution is -0.126. The van der Waals surface area contributed by atoms with Crippen LogP contribution in [0.1, 0.15) is 30.5 Å². The van der Waals surface area contributed by atoms with E-state index in [0.717, 1.165) is 33.3 Å². The standard InChI is InChI=1S/C24H24N2O3/c1-16-8-5-12-20-22(25-17(2)27)24(28)26(23(16)20)14-7-15-29-21-13-6-10-18-9-3-4-11-19(18)21/h3-6,8-13,22H,7,14-15H2,1-2H3,(H,25,27). The van der Waals surface area contributed by atoms with Crippen molar-refractivity contribution in [1.82, 2.24) is 5.32 Å². The number of ether oxygens (including phenoxy) is 1. The van der Waals surface area contributed by atoms with Crippen LogP contribution in [0.15, 0.2) is 60.7 Å². The summed E-state index contributed by atoms with van der Waals surface area (Å²) in [6.07, 6.45) is 0.690. The first-order valence-corrected chi connectivity index (χ1v) is 9.85. The van der Waals surface area contributed by atoms with Gasteiger partial charge in [0.15, 0.2) is 0 Å². The molecule has 3 aromatic carbocycles. The molecule has 2 amide bonds. The molecule has 3 aromatic rings. The molecule has 0 aromatic heterocycles. The molecule has 0 fully saturated rings. The van der Waals surface area contributed by atoms with Crippen LogP contribution in [-0.2, 0) is 9.59 Å². The summed E-state index contributed by atoms with van der Waals surface area (Å²) in [6, 6.07) is 19.3. The molecule has 1 unspecified atom stereocenters. The van der Waals surface area contributed by atoms with Gasteiger partial charge in [-0.05, 0) is 30.4 Å². The molecule has 5 nitrogen and oxygen atoms in total. The van der Waals surface area contributed by atoms with Gasteiger partial charge in [-0.2, -0.15) is 0 Å². The maximum Gasteiger partial charge on any atom is 0.254 e. The number of aryl methyl sites for hydroxylation is 1. The summed E-state index contributed by atoms with van der Waals surface area (Å²) in [4.78, 5) is 26.3. The van der Waals surface area contributed by atoms with E-state index in [4.69, 9.17) is 4.74 Å². The number of carbonyl (C=O) groups excluding carboxylic acids is 2. The Kier molecular flexibility index (Phi) is 5.21. The minimum atomic E-state index is -0.610. The van der Waals surface area contributed by atoms with Crippen LogP contribution in [0.5, 0.6) is 5.75 Å². The van der Waals surface area contributed by atoms with Crippen molar-refractivity contribution >= 4 is 28.3 Å². The number of benzene rings is 3. The van der Waals surface area contributed by atoms with Crippen LogP contribution in [0.25, 0.3) is 10.8 Å². The van der Waals surface area contributed by atoms with Gasteiger partial charge in [0.1, 0.15) is 11.8 Å². The normalized spacial score (nSPS) is 15.4. The van der Waals surface area contributed by atoms with Crippen molar-refractivity contribution in [1.29, 1.82) is 0 Å². The minimum Gasteiger partial charge on any atom is -0.493 e. The monoisotopic (exact) mass is 388 g/mol. The summed E-state index contributed by atoms with van der Waals surface area (Å²) >= 11 is 0. The minimum absolute atomic E-state index is 0.0883. The average molecular weight is 388 g/mol. The molecule has 148 valence electrons. The SMILES string of the molecule is CC(=O)NC1C(=O)N(CCCOc2cccc3ccccc23)c2c(C)cccc21. The molecule has 0 saturated carbocycles. The molecule has 0 saturated heterocycles. The highest BCUT2D eigenvalue weighted by Crippen LogP contribution is 2.38. The lowest BCUT2D eigenvalue weighted by atomic mass is 10.1. The summed E-state index contributed by atoms with van der Waals surface area (Å²) < 4.78 is 6.02. The highest BCUT2D eigenvalue weighted by atomic mass is 16.5. The molecular formula is C24H24N2O3. The molecule has 0 radical (unpaired) electrons. The van der Waals surface area contributed by atoms with Crippen LogP contribution in [-0.4, -0.2) is 25.0 Å². The average Bonchev–Trinajstić information content (AvgIpc) is 2.97. The van der Waals surface area contributed by atoms with E-state index in [2.05, 4.69) is 17.4 Å². The summed E-state index contributed by atoms with van der Waals surface area (Å²) in [6.45, 7) is 4.46. The molecule has 1 aliphatic rings. The van der Waals surface area contributed by atoms with Crippen LogP contribution in [0, 0.1) is 6.92 Å². The second-order valence-corrected chi connectivity index (χ2v) is 7.32. The molecule has 0 bridgehead atoms. The fourth-order valence-electron chi connectivity index (χ4n) is 3.97. The number of amides is 2. The molecule has 1 heterocycles. The van der Waals surface area contributed by atoms with Crippen molar-refractivity contribution < 1.29 is 14.3 Å². The zero-order valence-electron chi connectivity index (χ0n) is 16.6. The Bertz CT molecular complexity index is 1070. The Labute approximate surface area is 170 Å². The van der Waals surface area contributed by atoms with Gasteiger partial charge < -0.3 is 15.0 Å². The maximum atomic E-state index is 13.0. The second-order valence-electron chi connectivity index (χ2n) is 7.32. The van der Waals surface area contributed by atoms with Gasteiger partial charge in [0, 0.05) is 24.4 Å². The van der Waals surface area contributed by atoms with Crippen molar-refractivity contribution in [2.24, 2.45) is 0 Å². The van der Waals surface area contributed by atoms with Crippen molar-refractivity contribution in [2.75, 3.05) is 18.1 Å². The number of fused-ring (bicyclic) bond motifs is 2. The van der Waals surface area contributed by atoms with E-state index in [1.54, 1.807) is 4.90 Å². The number of hydrogen-bond acceptors (Lipinski definition) is 3. The number of carbonyl (C=O) groups is 2. The largest absolute Gasteiger partial charge is 0.493 e. The topological polar surface area (TPSA) is 58.6 Å². The lowest BCUT2D eigenvalue weighted by Crippen LogP contribution is -2.37. The van der Waals surface area contributed by atoms with Crippen molar-refractivity contribution in [3.8, 4) is 5.75 Å². The molecule has 5 heteroatoms. The van der Waals surface area contributed by atoms with E-state index in [0.29, 0.717) is 19.6 Å². The molecule has 1 aliphatic heterocycles. The third-order valence-corrected chi connectivity index (χ3v) is 5.24. The smallest absolute Gasteiger partial charge is 0.254 e. The Morgan fingerprint density at radius 3 is 2.66 bits per heavy atom. The van der Waals surface area contributed by atoms with E-state index in [9.17, 15) is 9.59 Å². The molecule has 0 spiro atoms. The van der Waals surface area contributed by atoms with E-state index in [1.165, 1.54) is 6.92 Å². The molecular weight excluding hydrogens is 364 g/mol. The summed E-state index contributed by atoms with van der Waals surface area (Å²) in [5.41, 5.74) is 2.79. The van der Waals surface area contributed by atoms with Crippen LogP contribution < -0.4 is 15.0 Å². The van der Waals surface area contributed by atoms with Gasteiger partial charge in [0.05, 0.1) is 12.3 Å². The summed E-state index contributed by atoms with van der Waals surface area (Å²) in [7, 11) is 0. The number of hydrogen-bond donors (Lipinski definition) is 1. The lowest BCUT2D eigenvalue weighted by Gasteiger charge is -2.20. The summed E-state index contributed by atoms with van der Waals surface area (Å²) in [5, 5.41) is 5.00. The van der Waals surface area contributed by atoms with E-state index >= 15 is 0 Å². The van der Waals surface area contributed by atoms with Gasteiger partial charge in [-0.3, -0.25) is 9.59 Å². The van der Waals surface area contributed by atoms with Crippen LogP contribution in [0.2, 0.25) is 0 Å². The Balaban J connectivity index is 1.46. The van der Waals surface area contributed by atoms with Crippen LogP contribution >= 0.6 is 0 Å². The third-order valence-electron chi connectivity index (χ3n) is 5.24. The molecule has 1 atom stereocenters. The third kappa shape index (κ3) is 3.68. The molecule has 29 heavy (non-hydrogen) atoms. The van der Waals surface area contributed by atoms with Gasteiger partial charge in [0.2, 0.25) is 5.91 Å². The van der Waals surface area contributed by atoms with Crippen LogP contribution in [0.3, 0.4) is 0 Å². The first-order valence-electron chi connectivity index (χ1n) is 9.85. The quantitative estimate of drug-likeness (QED) is 0.646. The number of nitrogens with one attached hydrogen (secondary N) is 1. The van der Waals surface area contributed by atoms with Crippen molar-refractivity contribution in [3.05, 3.63) is 71.8 Å². The van der Waals surface area contributed by atoms with E-state index in [-0.39, 0.29) is 11.8 Å². The van der Waals surface area contributed by atoms with Gasteiger partial charge >= 0.3 is 0 Å². The van der Waals surface area contributed by atoms with Gasteiger partial charge in [-0.25, -0.2) is 0 Å². The predicted octanol–water partition coefficient (Wildman–Crippen LogP) is 4.14. The highest BCUT2D eigenvalue weighted by Gasteiger charge is 2.38. The number of rotatable bonds is 6. The zero-order chi connectivity index (χ0) is 20.4. The Hall–Kier alpha value is -3.34. The zero-order valence-corrected chi connectivity index (χ0v) is 16.6. The maximum absolute atomic E-state index is 13.0. The highest BCUT2D eigenvalue weighted by molar-refractivity contribution is 6.06. The Morgan fingerprint density at radius 1 is 1.07 bits per heavy atom. The summed E-state index contributed by atoms with van der Waals surface area (Å²) in [5.74, 6) is 0.551. The first kappa shape index (κ1) is 19.0. The number of nitrogens with zero attached hydrogens (tertiary/aromatic N) is 1. The molecule has 0 aliphatic carbocycles. The van der Waals surface area contributed by atoms with E-state index < -0.39 is 6.04 Å². The van der Waals surface area contributed by atoms with Crippen molar-refractivity contribution in [2.45, 2.75) is 26.3 Å². The predicted molar refractivity (Wildman–Crippen MR) is 114 cm³/mol. The Morgan fingerprint density at radius 2 is 1.83 bits per heavy atom. The molecule has 4 rings (SSSR count). The first-order chi connectivity index (χ1) is 14.1.